The average Bonchev–Trinajstić information content (AvgIpc) is 3.08. The molecule has 0 saturated carbocycles. The summed E-state index contributed by atoms with van der Waals surface area (Å²) in [5.41, 5.74) is 2.28. The zero-order chi connectivity index (χ0) is 15.2. The summed E-state index contributed by atoms with van der Waals surface area (Å²) in [5.74, 6) is 0.869. The molecule has 1 aliphatic heterocycles. The van der Waals surface area contributed by atoms with Crippen molar-refractivity contribution in [2.45, 2.75) is 25.8 Å². The van der Waals surface area contributed by atoms with Crippen LogP contribution in [0.4, 0.5) is 11.4 Å². The van der Waals surface area contributed by atoms with E-state index in [4.69, 9.17) is 16.6 Å². The fourth-order valence-electron chi connectivity index (χ4n) is 2.74. The maximum absolute atomic E-state index is 5.39. The largest absolute Gasteiger partial charge is 0.467 e. The van der Waals surface area contributed by atoms with E-state index in [9.17, 15) is 0 Å². The molecule has 1 fully saturated rings. The predicted octanol–water partition coefficient (Wildman–Crippen LogP) is 3.76. The lowest BCUT2D eigenvalue weighted by atomic mass is 10.1. The van der Waals surface area contributed by atoms with Crippen molar-refractivity contribution in [2.24, 2.45) is 0 Å². The number of rotatable bonds is 4. The average molecular weight is 315 g/mol. The zero-order valence-corrected chi connectivity index (χ0v) is 13.4. The molecular formula is C17H21N3OS. The van der Waals surface area contributed by atoms with E-state index >= 15 is 0 Å². The maximum Gasteiger partial charge on any atom is 0.171 e. The van der Waals surface area contributed by atoms with Crippen molar-refractivity contribution < 1.29 is 4.42 Å². The third kappa shape index (κ3) is 3.80. The van der Waals surface area contributed by atoms with Crippen LogP contribution < -0.4 is 15.5 Å². The summed E-state index contributed by atoms with van der Waals surface area (Å²) in [6, 6.07) is 12.1. The second-order valence-corrected chi connectivity index (χ2v) is 5.86. The Labute approximate surface area is 136 Å². The Hall–Kier alpha value is -2.01. The standard InChI is InChI=1S/C17H21N3OS/c22-17(18-13-14-7-6-12-21-14)19-15-8-2-3-9-16(15)20-10-4-1-5-11-20/h2-3,6-9,12H,1,4-5,10-11,13H2,(H2,18,19,22). The molecule has 4 nitrogen and oxygen atoms in total. The number of para-hydroxylation sites is 2. The van der Waals surface area contributed by atoms with E-state index in [1.807, 2.05) is 18.2 Å². The number of nitrogens with one attached hydrogen (secondary N) is 2. The lowest BCUT2D eigenvalue weighted by Gasteiger charge is -2.30. The van der Waals surface area contributed by atoms with Gasteiger partial charge in [-0.3, -0.25) is 0 Å². The lowest BCUT2D eigenvalue weighted by Crippen LogP contribution is -2.32. The molecule has 1 aliphatic rings. The van der Waals surface area contributed by atoms with Crippen LogP contribution in [-0.4, -0.2) is 18.2 Å². The maximum atomic E-state index is 5.39. The molecule has 5 heteroatoms. The molecule has 3 rings (SSSR count). The molecule has 2 N–H and O–H groups in total. The van der Waals surface area contributed by atoms with Crippen LogP contribution in [0, 0.1) is 0 Å². The van der Waals surface area contributed by atoms with Crippen LogP contribution >= 0.6 is 12.2 Å². The summed E-state index contributed by atoms with van der Waals surface area (Å²) in [6.45, 7) is 2.82. The summed E-state index contributed by atoms with van der Waals surface area (Å²) >= 11 is 5.39. The number of piperidine rings is 1. The highest BCUT2D eigenvalue weighted by Gasteiger charge is 2.14. The summed E-state index contributed by atoms with van der Waals surface area (Å²) in [4.78, 5) is 2.43. The van der Waals surface area contributed by atoms with Crippen LogP contribution in [-0.2, 0) is 6.54 Å². The fraction of sp³-hybridized carbons (Fsp3) is 0.353. The summed E-state index contributed by atoms with van der Waals surface area (Å²) < 4.78 is 5.29. The number of furan rings is 1. The predicted molar refractivity (Wildman–Crippen MR) is 94.3 cm³/mol. The molecule has 1 saturated heterocycles. The van der Waals surface area contributed by atoms with Crippen LogP contribution in [0.1, 0.15) is 25.0 Å². The van der Waals surface area contributed by atoms with Gasteiger partial charge in [0.2, 0.25) is 0 Å². The SMILES string of the molecule is S=C(NCc1ccco1)Nc1ccccc1N1CCCCC1. The van der Waals surface area contributed by atoms with Crippen LogP contribution in [0.5, 0.6) is 0 Å². The van der Waals surface area contributed by atoms with Gasteiger partial charge >= 0.3 is 0 Å². The molecule has 0 aliphatic carbocycles. The van der Waals surface area contributed by atoms with Crippen molar-refractivity contribution in [1.82, 2.24) is 5.32 Å². The molecule has 2 aromatic rings. The molecule has 0 radical (unpaired) electrons. The molecule has 1 aromatic carbocycles. The van der Waals surface area contributed by atoms with Crippen LogP contribution in [0.15, 0.2) is 47.1 Å². The molecule has 0 amide bonds. The first-order chi connectivity index (χ1) is 10.8. The summed E-state index contributed by atoms with van der Waals surface area (Å²) in [5, 5.41) is 7.09. The van der Waals surface area contributed by atoms with Crippen molar-refractivity contribution >= 4 is 28.7 Å². The smallest absolute Gasteiger partial charge is 0.171 e. The monoisotopic (exact) mass is 315 g/mol. The number of benzene rings is 1. The first-order valence-electron chi connectivity index (χ1n) is 7.74. The van der Waals surface area contributed by atoms with Crippen molar-refractivity contribution in [2.75, 3.05) is 23.3 Å². The first-order valence-corrected chi connectivity index (χ1v) is 8.15. The Bertz CT molecular complexity index is 606. The Morgan fingerprint density at radius 2 is 1.91 bits per heavy atom. The highest BCUT2D eigenvalue weighted by molar-refractivity contribution is 7.80. The normalized spacial score (nSPS) is 14.6. The van der Waals surface area contributed by atoms with E-state index < -0.39 is 0 Å². The van der Waals surface area contributed by atoms with Crippen LogP contribution in [0.25, 0.3) is 0 Å². The highest BCUT2D eigenvalue weighted by Crippen LogP contribution is 2.28. The van der Waals surface area contributed by atoms with Gasteiger partial charge in [-0.15, -0.1) is 0 Å². The van der Waals surface area contributed by atoms with Crippen LogP contribution in [0.3, 0.4) is 0 Å². The molecule has 22 heavy (non-hydrogen) atoms. The molecule has 2 heterocycles. The second-order valence-electron chi connectivity index (χ2n) is 5.45. The zero-order valence-electron chi connectivity index (χ0n) is 12.5. The quantitative estimate of drug-likeness (QED) is 0.841. The van der Waals surface area contributed by atoms with Gasteiger partial charge in [-0.2, -0.15) is 0 Å². The molecule has 0 spiro atoms. The van der Waals surface area contributed by atoms with Gasteiger partial charge in [-0.1, -0.05) is 12.1 Å². The lowest BCUT2D eigenvalue weighted by molar-refractivity contribution is 0.503. The van der Waals surface area contributed by atoms with Gasteiger partial charge in [0, 0.05) is 13.1 Å². The van der Waals surface area contributed by atoms with Crippen molar-refractivity contribution in [3.8, 4) is 0 Å². The van der Waals surface area contributed by atoms with Crippen molar-refractivity contribution in [1.29, 1.82) is 0 Å². The third-order valence-electron chi connectivity index (χ3n) is 3.85. The van der Waals surface area contributed by atoms with Gasteiger partial charge in [0.1, 0.15) is 5.76 Å². The highest BCUT2D eigenvalue weighted by atomic mass is 32.1. The van der Waals surface area contributed by atoms with E-state index in [1.54, 1.807) is 6.26 Å². The van der Waals surface area contributed by atoms with Gasteiger partial charge in [-0.25, -0.2) is 0 Å². The number of anilines is 2. The number of hydrogen-bond acceptors (Lipinski definition) is 3. The van der Waals surface area contributed by atoms with E-state index in [-0.39, 0.29) is 0 Å². The Morgan fingerprint density at radius 3 is 2.68 bits per heavy atom. The van der Waals surface area contributed by atoms with Gasteiger partial charge in [-0.05, 0) is 55.7 Å². The molecule has 0 atom stereocenters. The second kappa shape index (κ2) is 7.31. The number of hydrogen-bond donors (Lipinski definition) is 2. The number of nitrogens with zero attached hydrogens (tertiary/aromatic N) is 1. The third-order valence-corrected chi connectivity index (χ3v) is 4.10. The Morgan fingerprint density at radius 1 is 1.09 bits per heavy atom. The van der Waals surface area contributed by atoms with Gasteiger partial charge < -0.3 is 20.0 Å². The van der Waals surface area contributed by atoms with E-state index in [1.165, 1.54) is 24.9 Å². The van der Waals surface area contributed by atoms with Gasteiger partial charge in [0.25, 0.3) is 0 Å². The molecule has 0 unspecified atom stereocenters. The van der Waals surface area contributed by atoms with Crippen LogP contribution in [0.2, 0.25) is 0 Å². The number of thiocarbonyl (C=S) groups is 1. The van der Waals surface area contributed by atoms with Crippen molar-refractivity contribution in [3.63, 3.8) is 0 Å². The molecule has 1 aromatic heterocycles. The molecule has 0 bridgehead atoms. The minimum absolute atomic E-state index is 0.588. The minimum Gasteiger partial charge on any atom is -0.467 e. The Balaban J connectivity index is 1.62. The first kappa shape index (κ1) is 14.9. The van der Waals surface area contributed by atoms with Gasteiger partial charge in [0.15, 0.2) is 5.11 Å². The van der Waals surface area contributed by atoms with Gasteiger partial charge in [0.05, 0.1) is 24.2 Å². The fourth-order valence-corrected chi connectivity index (χ4v) is 2.92. The van der Waals surface area contributed by atoms with E-state index in [0.29, 0.717) is 11.7 Å². The summed E-state index contributed by atoms with van der Waals surface area (Å²) in [7, 11) is 0. The summed E-state index contributed by atoms with van der Waals surface area (Å²) in [6.07, 6.45) is 5.51. The Kier molecular flexibility index (Phi) is 4.96. The van der Waals surface area contributed by atoms with E-state index in [2.05, 4.69) is 33.7 Å². The molecule has 116 valence electrons. The topological polar surface area (TPSA) is 40.4 Å². The molecular weight excluding hydrogens is 294 g/mol. The minimum atomic E-state index is 0.588. The van der Waals surface area contributed by atoms with Crippen molar-refractivity contribution in [3.05, 3.63) is 48.4 Å². The van der Waals surface area contributed by atoms with E-state index in [0.717, 1.165) is 24.5 Å².